The van der Waals surface area contributed by atoms with E-state index in [1.165, 1.54) is 6.07 Å². The average molecular weight is 277 g/mol. The van der Waals surface area contributed by atoms with Crippen molar-refractivity contribution in [2.75, 3.05) is 0 Å². The number of benzene rings is 1. The Bertz CT molecular complexity index is 620. The van der Waals surface area contributed by atoms with Crippen molar-refractivity contribution in [2.24, 2.45) is 0 Å². The summed E-state index contributed by atoms with van der Waals surface area (Å²) in [4.78, 5) is 9.23. The monoisotopic (exact) mass is 276 g/mol. The van der Waals surface area contributed by atoms with Gasteiger partial charge in [0.05, 0.1) is 22.0 Å². The summed E-state index contributed by atoms with van der Waals surface area (Å²) in [5.41, 5.74) is -1.59. The van der Waals surface area contributed by atoms with Crippen LogP contribution < -0.4 is 0 Å². The highest BCUT2D eigenvalue weighted by Crippen LogP contribution is 2.31. The van der Waals surface area contributed by atoms with E-state index in [4.69, 9.17) is 21.1 Å². The zero-order chi connectivity index (χ0) is 13.2. The van der Waals surface area contributed by atoms with Gasteiger partial charge in [0.25, 0.3) is 14.7 Å². The average Bonchev–Trinajstić information content (AvgIpc) is 2.25. The number of nitriles is 1. The molecule has 9 heteroatoms. The van der Waals surface area contributed by atoms with Gasteiger partial charge in [0.2, 0.25) is 0 Å². The number of aliphatic hydroxyl groups is 1. The van der Waals surface area contributed by atoms with Crippen molar-refractivity contribution in [3.63, 3.8) is 0 Å². The van der Waals surface area contributed by atoms with Gasteiger partial charge in [-0.2, -0.15) is 5.26 Å². The topological polar surface area (TPSA) is 121 Å². The van der Waals surface area contributed by atoms with Crippen molar-refractivity contribution >= 4 is 25.4 Å². The minimum absolute atomic E-state index is 0.344. The van der Waals surface area contributed by atoms with Gasteiger partial charge in [0.15, 0.2) is 0 Å². The van der Waals surface area contributed by atoms with Crippen LogP contribution in [0.1, 0.15) is 11.1 Å². The predicted molar refractivity (Wildman–Crippen MR) is 56.8 cm³/mol. The van der Waals surface area contributed by atoms with Crippen LogP contribution in [0, 0.1) is 21.4 Å². The lowest BCUT2D eigenvalue weighted by molar-refractivity contribution is -0.386. The van der Waals surface area contributed by atoms with Crippen LogP contribution >= 0.6 is 10.7 Å². The second-order valence-electron chi connectivity index (χ2n) is 2.90. The molecule has 0 atom stereocenters. The molecule has 0 saturated carbocycles. The zero-order valence-corrected chi connectivity index (χ0v) is 9.70. The Balaban J connectivity index is 3.78. The fourth-order valence-corrected chi connectivity index (χ4v) is 2.42. The molecule has 0 aliphatic carbocycles. The molecule has 0 fully saturated rings. The third-order valence-corrected chi connectivity index (χ3v) is 3.37. The molecule has 0 spiro atoms. The molecular formula is C8H5ClN2O5S. The second-order valence-corrected chi connectivity index (χ2v) is 5.44. The summed E-state index contributed by atoms with van der Waals surface area (Å²) < 4.78 is 22.3. The number of aliphatic hydroxyl groups excluding tert-OH is 1. The Morgan fingerprint density at radius 3 is 2.47 bits per heavy atom. The van der Waals surface area contributed by atoms with E-state index in [1.807, 2.05) is 0 Å². The lowest BCUT2D eigenvalue weighted by atomic mass is 10.1. The fourth-order valence-electron chi connectivity index (χ4n) is 1.30. The normalized spacial score (nSPS) is 10.9. The molecular weight excluding hydrogens is 272 g/mol. The van der Waals surface area contributed by atoms with Crippen LogP contribution in [-0.2, 0) is 15.7 Å². The molecule has 90 valence electrons. The maximum absolute atomic E-state index is 11.1. The van der Waals surface area contributed by atoms with Crippen molar-refractivity contribution < 1.29 is 18.4 Å². The van der Waals surface area contributed by atoms with E-state index < -0.39 is 36.7 Å². The Hall–Kier alpha value is -1.69. The Morgan fingerprint density at radius 1 is 1.53 bits per heavy atom. The van der Waals surface area contributed by atoms with E-state index in [0.717, 1.165) is 12.1 Å². The molecule has 0 amide bonds. The molecule has 1 aromatic carbocycles. The maximum Gasteiger partial charge on any atom is 0.293 e. The number of nitro groups is 1. The van der Waals surface area contributed by atoms with Crippen molar-refractivity contribution in [1.29, 1.82) is 5.26 Å². The Labute approximate surface area is 100 Å². The Kier molecular flexibility index (Phi) is 3.67. The highest BCUT2D eigenvalue weighted by Gasteiger charge is 2.27. The highest BCUT2D eigenvalue weighted by molar-refractivity contribution is 8.13. The smallest absolute Gasteiger partial charge is 0.293 e. The van der Waals surface area contributed by atoms with Crippen LogP contribution in [0.15, 0.2) is 17.0 Å². The summed E-state index contributed by atoms with van der Waals surface area (Å²) in [5, 5.41) is 28.4. The molecule has 0 aromatic heterocycles. The lowest BCUT2D eigenvalue weighted by Gasteiger charge is -2.05. The first-order valence-electron chi connectivity index (χ1n) is 4.08. The lowest BCUT2D eigenvalue weighted by Crippen LogP contribution is -2.05. The predicted octanol–water partition coefficient (Wildman–Crippen LogP) is 0.886. The van der Waals surface area contributed by atoms with E-state index in [2.05, 4.69) is 0 Å². The SMILES string of the molecule is N#Cc1ccc(S(=O)(=O)Cl)c(CO)c1[N+](=O)[O-]. The van der Waals surface area contributed by atoms with Crippen molar-refractivity contribution in [3.8, 4) is 6.07 Å². The van der Waals surface area contributed by atoms with Crippen molar-refractivity contribution in [2.45, 2.75) is 11.5 Å². The van der Waals surface area contributed by atoms with Gasteiger partial charge in [-0.05, 0) is 12.1 Å². The number of nitrogens with zero attached hydrogens (tertiary/aromatic N) is 2. The van der Waals surface area contributed by atoms with E-state index in [9.17, 15) is 18.5 Å². The van der Waals surface area contributed by atoms with E-state index in [0.29, 0.717) is 0 Å². The highest BCUT2D eigenvalue weighted by atomic mass is 35.7. The number of hydrogen-bond donors (Lipinski definition) is 1. The van der Waals surface area contributed by atoms with Gasteiger partial charge in [-0.25, -0.2) is 8.42 Å². The minimum Gasteiger partial charge on any atom is -0.391 e. The van der Waals surface area contributed by atoms with Crippen molar-refractivity contribution in [1.82, 2.24) is 0 Å². The van der Waals surface area contributed by atoms with Crippen LogP contribution in [0.3, 0.4) is 0 Å². The van der Waals surface area contributed by atoms with Gasteiger partial charge < -0.3 is 5.11 Å². The molecule has 7 nitrogen and oxygen atoms in total. The molecule has 0 saturated heterocycles. The van der Waals surface area contributed by atoms with Gasteiger partial charge in [0, 0.05) is 10.7 Å². The van der Waals surface area contributed by atoms with Gasteiger partial charge in [0.1, 0.15) is 11.6 Å². The third kappa shape index (κ3) is 2.52. The molecule has 0 bridgehead atoms. The first-order valence-corrected chi connectivity index (χ1v) is 6.39. The number of hydrogen-bond acceptors (Lipinski definition) is 6. The van der Waals surface area contributed by atoms with E-state index in [1.54, 1.807) is 0 Å². The van der Waals surface area contributed by atoms with Crippen LogP contribution in [0.4, 0.5) is 5.69 Å². The minimum atomic E-state index is -4.23. The standard InChI is InChI=1S/C8H5ClN2O5S/c9-17(15,16)7-2-1-5(3-10)8(11(13)14)6(7)4-12/h1-2,12H,4H2. The summed E-state index contributed by atoms with van der Waals surface area (Å²) in [5.74, 6) is 0. The molecule has 1 N–H and O–H groups in total. The summed E-state index contributed by atoms with van der Waals surface area (Å²) in [6.07, 6.45) is 0. The summed E-state index contributed by atoms with van der Waals surface area (Å²) >= 11 is 0. The quantitative estimate of drug-likeness (QED) is 0.497. The van der Waals surface area contributed by atoms with Gasteiger partial charge in [-0.3, -0.25) is 10.1 Å². The molecule has 0 heterocycles. The van der Waals surface area contributed by atoms with Crippen molar-refractivity contribution in [3.05, 3.63) is 33.4 Å². The first kappa shape index (κ1) is 13.4. The number of halogens is 1. The second kappa shape index (κ2) is 4.67. The van der Waals surface area contributed by atoms with Gasteiger partial charge in [-0.15, -0.1) is 0 Å². The van der Waals surface area contributed by atoms with Crippen LogP contribution in [0.25, 0.3) is 0 Å². The summed E-state index contributed by atoms with van der Waals surface area (Å²) in [7, 11) is 0.842. The number of nitro benzene ring substituents is 1. The third-order valence-electron chi connectivity index (χ3n) is 1.96. The van der Waals surface area contributed by atoms with Gasteiger partial charge in [-0.1, -0.05) is 0 Å². The molecule has 1 rings (SSSR count). The first-order chi connectivity index (χ1) is 7.82. The maximum atomic E-state index is 11.1. The molecule has 1 aromatic rings. The van der Waals surface area contributed by atoms with Crippen LogP contribution in [0.2, 0.25) is 0 Å². The molecule has 0 radical (unpaired) electrons. The zero-order valence-electron chi connectivity index (χ0n) is 8.12. The van der Waals surface area contributed by atoms with E-state index in [-0.39, 0.29) is 5.56 Å². The van der Waals surface area contributed by atoms with Gasteiger partial charge >= 0.3 is 0 Å². The molecule has 0 aliphatic heterocycles. The largest absolute Gasteiger partial charge is 0.391 e. The summed E-state index contributed by atoms with van der Waals surface area (Å²) in [6, 6.07) is 3.45. The fraction of sp³-hybridized carbons (Fsp3) is 0.125. The number of rotatable bonds is 3. The Morgan fingerprint density at radius 2 is 2.12 bits per heavy atom. The van der Waals surface area contributed by atoms with Crippen LogP contribution in [-0.4, -0.2) is 18.4 Å². The van der Waals surface area contributed by atoms with E-state index >= 15 is 0 Å². The molecule has 0 aliphatic rings. The van der Waals surface area contributed by atoms with Crippen LogP contribution in [0.5, 0.6) is 0 Å². The molecule has 17 heavy (non-hydrogen) atoms. The molecule has 0 unspecified atom stereocenters. The summed E-state index contributed by atoms with van der Waals surface area (Å²) in [6.45, 7) is -0.910.